The molecular weight excluding hydrogens is 520 g/mol. The highest BCUT2D eigenvalue weighted by atomic mass is 31.3. The second kappa shape index (κ2) is 9.04. The fourth-order valence-corrected chi connectivity index (χ4v) is 6.01. The Hall–Kier alpha value is -1.63. The third-order valence-corrected chi connectivity index (χ3v) is 8.20. The second-order valence-electron chi connectivity index (χ2n) is 7.87. The quantitative estimate of drug-likeness (QED) is 0.208. The van der Waals surface area contributed by atoms with E-state index in [0.29, 0.717) is 0 Å². The SMILES string of the molecule is Nc1ncnc2c1ncn2[C@@H]1O[C@@H]2COP(=O)(O)OP(=O)(O)OC[C@H]3O[C@@H](O[C@@H]1[C@@H]2O)[C@H](O)[C@@H]3O. The van der Waals surface area contributed by atoms with Gasteiger partial charge in [0, 0.05) is 0 Å². The van der Waals surface area contributed by atoms with Gasteiger partial charge in [0.05, 0.1) is 19.5 Å². The predicted molar refractivity (Wildman–Crippen MR) is 108 cm³/mol. The van der Waals surface area contributed by atoms with E-state index < -0.39 is 78.0 Å². The van der Waals surface area contributed by atoms with Crippen LogP contribution in [0.5, 0.6) is 0 Å². The van der Waals surface area contributed by atoms with Crippen molar-refractivity contribution < 1.29 is 61.8 Å². The second-order valence-corrected chi connectivity index (χ2v) is 10.9. The van der Waals surface area contributed by atoms with Crippen LogP contribution >= 0.6 is 15.6 Å². The smallest absolute Gasteiger partial charge is 0.387 e. The molecule has 10 atom stereocenters. The maximum absolute atomic E-state index is 12.2. The zero-order chi connectivity index (χ0) is 25.1. The average Bonchev–Trinajstić information content (AvgIpc) is 3.42. The number of phosphoric acid groups is 2. The van der Waals surface area contributed by atoms with E-state index in [4.69, 9.17) is 24.5 Å². The molecule has 194 valence electrons. The van der Waals surface area contributed by atoms with Crippen molar-refractivity contribution in [1.82, 2.24) is 19.5 Å². The molecule has 20 heteroatoms. The molecule has 2 unspecified atom stereocenters. The minimum absolute atomic E-state index is 0.0651. The number of nitrogen functional groups attached to an aromatic ring is 1. The van der Waals surface area contributed by atoms with Crippen molar-refractivity contribution in [2.45, 2.75) is 49.1 Å². The van der Waals surface area contributed by atoms with E-state index in [-0.39, 0.29) is 17.0 Å². The molecule has 18 nitrogen and oxygen atoms in total. The number of hydrogen-bond donors (Lipinski definition) is 6. The molecule has 0 saturated carbocycles. The summed E-state index contributed by atoms with van der Waals surface area (Å²) in [6, 6.07) is 0. The lowest BCUT2D eigenvalue weighted by Crippen LogP contribution is -2.42. The number of rotatable bonds is 1. The van der Waals surface area contributed by atoms with Crippen LogP contribution in [0.1, 0.15) is 6.23 Å². The summed E-state index contributed by atoms with van der Waals surface area (Å²) in [5, 5.41) is 31.6. The first-order valence-corrected chi connectivity index (χ1v) is 13.0. The Bertz CT molecular complexity index is 1200. The number of aromatic nitrogens is 4. The summed E-state index contributed by atoms with van der Waals surface area (Å²) in [5.41, 5.74) is 6.22. The van der Waals surface area contributed by atoms with E-state index in [1.54, 1.807) is 0 Å². The normalized spacial score (nSPS) is 44.9. The summed E-state index contributed by atoms with van der Waals surface area (Å²) in [7, 11) is -10.4. The largest absolute Gasteiger partial charge is 0.481 e. The number of aliphatic hydroxyl groups excluding tert-OH is 3. The molecule has 0 radical (unpaired) electrons. The van der Waals surface area contributed by atoms with Gasteiger partial charge in [-0.25, -0.2) is 24.1 Å². The van der Waals surface area contributed by atoms with Crippen molar-refractivity contribution in [2.75, 3.05) is 18.9 Å². The highest BCUT2D eigenvalue weighted by Gasteiger charge is 2.53. The number of imidazole rings is 1. The van der Waals surface area contributed by atoms with Gasteiger partial charge in [0.15, 0.2) is 24.0 Å². The fraction of sp³-hybridized carbons (Fsp3) is 0.667. The Morgan fingerprint density at radius 3 is 2.26 bits per heavy atom. The van der Waals surface area contributed by atoms with Crippen molar-refractivity contribution in [2.24, 2.45) is 0 Å². The van der Waals surface area contributed by atoms with Crippen LogP contribution in [-0.4, -0.2) is 101 Å². The van der Waals surface area contributed by atoms with Crippen molar-refractivity contribution in [1.29, 1.82) is 0 Å². The van der Waals surface area contributed by atoms with E-state index in [0.717, 1.165) is 0 Å². The molecule has 2 aromatic heterocycles. The fourth-order valence-electron chi connectivity index (χ4n) is 3.92. The number of fused-ring (bicyclic) bond motifs is 5. The Labute approximate surface area is 195 Å². The van der Waals surface area contributed by atoms with Crippen LogP contribution < -0.4 is 5.73 Å². The molecule has 5 rings (SSSR count). The van der Waals surface area contributed by atoms with Gasteiger partial charge in [0.2, 0.25) is 0 Å². The maximum Gasteiger partial charge on any atom is 0.481 e. The van der Waals surface area contributed by atoms with Gasteiger partial charge >= 0.3 is 15.6 Å². The van der Waals surface area contributed by atoms with Crippen LogP contribution in [0.4, 0.5) is 5.82 Å². The monoisotopic (exact) mass is 541 g/mol. The highest BCUT2D eigenvalue weighted by Crippen LogP contribution is 2.61. The first-order chi connectivity index (χ1) is 16.5. The van der Waals surface area contributed by atoms with E-state index in [1.807, 2.05) is 0 Å². The number of nitrogens with zero attached hydrogens (tertiary/aromatic N) is 4. The van der Waals surface area contributed by atoms with Crippen molar-refractivity contribution in [3.63, 3.8) is 0 Å². The molecule has 7 N–H and O–H groups in total. The summed E-state index contributed by atoms with van der Waals surface area (Å²) >= 11 is 0. The molecule has 3 saturated heterocycles. The topological polar surface area (TPSA) is 260 Å². The van der Waals surface area contributed by atoms with Gasteiger partial charge < -0.3 is 45.1 Å². The summed E-state index contributed by atoms with van der Waals surface area (Å²) in [6.45, 7) is -1.63. The van der Waals surface area contributed by atoms with Gasteiger partial charge in [-0.2, -0.15) is 4.31 Å². The van der Waals surface area contributed by atoms with Gasteiger partial charge in [-0.1, -0.05) is 0 Å². The lowest BCUT2D eigenvalue weighted by atomic mass is 10.1. The van der Waals surface area contributed by atoms with E-state index >= 15 is 0 Å². The highest BCUT2D eigenvalue weighted by molar-refractivity contribution is 7.61. The lowest BCUT2D eigenvalue weighted by molar-refractivity contribution is -0.219. The molecule has 0 aliphatic carbocycles. The van der Waals surface area contributed by atoms with Gasteiger partial charge in [-0.3, -0.25) is 13.6 Å². The predicted octanol–water partition coefficient (Wildman–Crippen LogP) is -2.24. The molecule has 0 amide bonds. The number of phosphoric ester groups is 2. The van der Waals surface area contributed by atoms with Crippen LogP contribution in [0.3, 0.4) is 0 Å². The first-order valence-electron chi connectivity index (χ1n) is 10.1. The minimum Gasteiger partial charge on any atom is -0.387 e. The van der Waals surface area contributed by atoms with Crippen molar-refractivity contribution >= 4 is 32.6 Å². The van der Waals surface area contributed by atoms with Crippen LogP contribution in [0.2, 0.25) is 0 Å². The van der Waals surface area contributed by atoms with Crippen LogP contribution in [0.25, 0.3) is 11.2 Å². The zero-order valence-corrected chi connectivity index (χ0v) is 19.2. The number of hydrogen-bond acceptors (Lipinski definition) is 15. The maximum atomic E-state index is 12.2. The van der Waals surface area contributed by atoms with Gasteiger partial charge in [-0.15, -0.1) is 0 Å². The standard InChI is InChI=1S/C15H21N5O13P2/c16-12-7-13(18-3-17-12)20(4-19-7)14-11-9(22)6(30-14)2-29-35(26,27)33-34(24,25)28-1-5-8(21)10(23)15(31-5)32-11/h3-6,8-11,14-15,21-23H,1-2H2,(H,24,25)(H,26,27)(H2,16,17,18)/t5-,6-,8-,9-,10-,11-,14-,15+/m1/s1. The summed E-state index contributed by atoms with van der Waals surface area (Å²) < 4.78 is 56.1. The van der Waals surface area contributed by atoms with Crippen LogP contribution in [-0.2, 0) is 36.7 Å². The third kappa shape index (κ3) is 4.74. The van der Waals surface area contributed by atoms with E-state index in [9.17, 15) is 34.2 Å². The molecule has 0 spiro atoms. The van der Waals surface area contributed by atoms with Crippen LogP contribution in [0.15, 0.2) is 12.7 Å². The average molecular weight is 541 g/mol. The third-order valence-electron chi connectivity index (χ3n) is 5.59. The minimum atomic E-state index is -5.19. The molecule has 0 aromatic carbocycles. The van der Waals surface area contributed by atoms with E-state index in [2.05, 4.69) is 23.8 Å². The molecular formula is C15H21N5O13P2. The van der Waals surface area contributed by atoms with Gasteiger partial charge in [0.1, 0.15) is 48.5 Å². The first kappa shape index (κ1) is 25.0. The Balaban J connectivity index is 1.51. The summed E-state index contributed by atoms with van der Waals surface area (Å²) in [6.07, 6.45) is -9.28. The molecule has 3 aliphatic heterocycles. The number of anilines is 1. The van der Waals surface area contributed by atoms with Gasteiger partial charge in [0.25, 0.3) is 0 Å². The van der Waals surface area contributed by atoms with Crippen LogP contribution in [0, 0.1) is 0 Å². The summed E-state index contributed by atoms with van der Waals surface area (Å²) in [4.78, 5) is 31.6. The van der Waals surface area contributed by atoms with Crippen molar-refractivity contribution in [3.8, 4) is 0 Å². The Morgan fingerprint density at radius 1 is 0.914 bits per heavy atom. The number of aliphatic hydroxyl groups is 3. The molecule has 2 aromatic rings. The Kier molecular flexibility index (Phi) is 6.46. The molecule has 5 heterocycles. The van der Waals surface area contributed by atoms with Gasteiger partial charge in [-0.05, 0) is 0 Å². The lowest BCUT2D eigenvalue weighted by Gasteiger charge is -2.26. The Morgan fingerprint density at radius 2 is 1.57 bits per heavy atom. The molecule has 35 heavy (non-hydrogen) atoms. The molecule has 3 aliphatic rings. The molecule has 3 fully saturated rings. The number of ether oxygens (including phenoxy) is 3. The summed E-state index contributed by atoms with van der Waals surface area (Å²) in [5.74, 6) is 0.0651. The zero-order valence-electron chi connectivity index (χ0n) is 17.5. The number of nitrogens with two attached hydrogens (primary N) is 1. The molecule has 4 bridgehead atoms. The van der Waals surface area contributed by atoms with E-state index in [1.165, 1.54) is 17.2 Å². The van der Waals surface area contributed by atoms with Crippen molar-refractivity contribution in [3.05, 3.63) is 12.7 Å².